The fourth-order valence-electron chi connectivity index (χ4n) is 8.22. The smallest absolute Gasteiger partial charge is 0.678 e. The van der Waals surface area contributed by atoms with Crippen molar-refractivity contribution in [3.8, 4) is 0 Å². The van der Waals surface area contributed by atoms with E-state index in [-0.39, 0.29) is 71.9 Å². The molecule has 1 N–H and O–H groups in total. The molecule has 1 aliphatic carbocycles. The summed E-state index contributed by atoms with van der Waals surface area (Å²) >= 11 is 0. The fraction of sp³-hybridized carbons (Fsp3) is 0.500. The number of aliphatic hydroxyl groups excluding tert-OH is 1. The minimum Gasteiger partial charge on any atom is -0.678 e. The summed E-state index contributed by atoms with van der Waals surface area (Å²) in [5.41, 5.74) is 9.88. The van der Waals surface area contributed by atoms with Gasteiger partial charge in [0.2, 0.25) is 0 Å². The summed E-state index contributed by atoms with van der Waals surface area (Å²) in [7, 11) is 1.33. The van der Waals surface area contributed by atoms with E-state index in [1.54, 1.807) is 0 Å². The molecule has 6 heterocycles. The maximum atomic E-state index is 13.5. The Balaban J connectivity index is 0.00000448. The van der Waals surface area contributed by atoms with Crippen molar-refractivity contribution in [2.24, 2.45) is 23.7 Å². The van der Waals surface area contributed by atoms with Gasteiger partial charge in [0.15, 0.2) is 0 Å². The molecule has 11 heteroatoms. The number of aliphatic hydroxyl groups is 1. The van der Waals surface area contributed by atoms with Gasteiger partial charge in [0.25, 0.3) is 0 Å². The monoisotopic (exact) mass is 702 g/mol. The molecule has 2 fully saturated rings. The number of esters is 2. The number of fused-ring (bicyclic) bond motifs is 7. The molecule has 7 atom stereocenters. The van der Waals surface area contributed by atoms with Gasteiger partial charge in [-0.25, -0.2) is 0 Å². The van der Waals surface area contributed by atoms with E-state index in [0.29, 0.717) is 41.2 Å². The maximum Gasteiger partial charge on any atom is 2.00 e. The van der Waals surface area contributed by atoms with Crippen LogP contribution in [0.5, 0.6) is 0 Å². The molecule has 7 rings (SSSR count). The Labute approximate surface area is 315 Å². The van der Waals surface area contributed by atoms with Crippen LogP contribution >= 0.6 is 0 Å². The quantitative estimate of drug-likeness (QED) is 0.176. The predicted octanol–water partition coefficient (Wildman–Crippen LogP) is 4.95. The normalized spacial score (nSPS) is 30.8. The summed E-state index contributed by atoms with van der Waals surface area (Å²) in [4.78, 5) is 36.6. The van der Waals surface area contributed by atoms with E-state index in [0.717, 1.165) is 50.8 Å². The Kier molecular flexibility index (Phi) is 10.6. The molecule has 266 valence electrons. The van der Waals surface area contributed by atoms with E-state index in [4.69, 9.17) is 34.8 Å². The second-order valence-electron chi connectivity index (χ2n) is 14.5. The molecule has 0 amide bonds. The molecule has 10 nitrogen and oxygen atoms in total. The van der Waals surface area contributed by atoms with Crippen LogP contribution in [0.1, 0.15) is 99.7 Å². The van der Waals surface area contributed by atoms with Crippen LogP contribution in [0.3, 0.4) is 0 Å². The second kappa shape index (κ2) is 14.5. The van der Waals surface area contributed by atoms with Gasteiger partial charge in [-0.1, -0.05) is 66.3 Å². The number of hydrogen-bond donors (Lipinski definition) is 1. The Morgan fingerprint density at radius 3 is 2.47 bits per heavy atom. The number of epoxide rings is 1. The Hall–Kier alpha value is -3.51. The molecule has 0 radical (unpaired) electrons. The van der Waals surface area contributed by atoms with Crippen molar-refractivity contribution in [3.05, 3.63) is 95.4 Å². The Morgan fingerprint density at radius 2 is 1.80 bits per heavy atom. The standard InChI is InChI=1S/C40H46N4O6.Mg/c1-9-23-19(4)25-14-26-20(5)24(10-11-32(45)49-13-12-18(2)3)37(43-26)35-36(40(47)48-8)39(46)34-22(7)28(44-38(34)35)16-30-33(31-17-50-31)21(6)27(42-30)15-29(23)41-25;/h12,14-16,20,23-24,29,31,36,39,46H,9-11,13,17H2,1-8H3;/q-4;+2/b26-14-,27-15-,30-16-,37-35-;/t20-,23+,24-,29?,31+,36+,39-;/m0./s1. The van der Waals surface area contributed by atoms with Gasteiger partial charge in [-0.15, -0.1) is 33.9 Å². The number of nitrogens with zero attached hydrogens (tertiary/aromatic N) is 4. The van der Waals surface area contributed by atoms with E-state index in [9.17, 15) is 14.7 Å². The first-order chi connectivity index (χ1) is 23.9. The van der Waals surface area contributed by atoms with Crippen molar-refractivity contribution in [3.63, 3.8) is 0 Å². The largest absolute Gasteiger partial charge is 2.00 e. The summed E-state index contributed by atoms with van der Waals surface area (Å²) in [6.07, 6.45) is 8.44. The Bertz CT molecular complexity index is 2010. The minimum absolute atomic E-state index is 0. The van der Waals surface area contributed by atoms with Gasteiger partial charge < -0.3 is 39.9 Å². The van der Waals surface area contributed by atoms with Crippen LogP contribution in [-0.2, 0) is 23.8 Å². The summed E-state index contributed by atoms with van der Waals surface area (Å²) in [6, 6.07) is -0.0856. The van der Waals surface area contributed by atoms with E-state index < -0.39 is 18.0 Å². The maximum absolute atomic E-state index is 13.5. The topological polar surface area (TPSA) is 142 Å². The zero-order chi connectivity index (χ0) is 35.6. The van der Waals surface area contributed by atoms with Crippen molar-refractivity contribution in [1.29, 1.82) is 0 Å². The number of hydrogen-bond acceptors (Lipinski definition) is 6. The number of ether oxygens (including phenoxy) is 3. The molecule has 0 aromatic carbocycles. The van der Waals surface area contributed by atoms with Gasteiger partial charge in [0, 0.05) is 6.42 Å². The molecule has 51 heavy (non-hydrogen) atoms. The first-order valence-corrected chi connectivity index (χ1v) is 17.7. The third kappa shape index (κ3) is 6.55. The van der Waals surface area contributed by atoms with Crippen molar-refractivity contribution >= 4 is 52.7 Å². The van der Waals surface area contributed by atoms with Crippen molar-refractivity contribution in [2.45, 2.75) is 86.0 Å². The first kappa shape index (κ1) is 37.2. The minimum atomic E-state index is -1.17. The van der Waals surface area contributed by atoms with E-state index in [2.05, 4.69) is 39.8 Å². The van der Waals surface area contributed by atoms with Crippen LogP contribution in [-0.4, -0.2) is 66.5 Å². The molecular weight excluding hydrogens is 657 g/mol. The van der Waals surface area contributed by atoms with E-state index >= 15 is 0 Å². The van der Waals surface area contributed by atoms with Crippen LogP contribution in [0.15, 0.2) is 40.4 Å². The summed E-state index contributed by atoms with van der Waals surface area (Å²) in [5, 5.41) is 24.0. The Morgan fingerprint density at radius 1 is 1.06 bits per heavy atom. The number of allylic oxidation sites excluding steroid dienone is 4. The predicted molar refractivity (Wildman–Crippen MR) is 195 cm³/mol. The van der Waals surface area contributed by atoms with Crippen LogP contribution in [0.25, 0.3) is 28.4 Å². The molecule has 2 saturated heterocycles. The number of carbonyl (C=O) groups is 2. The van der Waals surface area contributed by atoms with Crippen LogP contribution in [0, 0.1) is 37.5 Å². The van der Waals surface area contributed by atoms with Gasteiger partial charge >= 0.3 is 35.0 Å². The van der Waals surface area contributed by atoms with Crippen LogP contribution in [0.4, 0.5) is 0 Å². The van der Waals surface area contributed by atoms with Gasteiger partial charge in [-0.2, -0.15) is 11.4 Å². The fourth-order valence-corrected chi connectivity index (χ4v) is 8.22. The zero-order valence-corrected chi connectivity index (χ0v) is 32.3. The van der Waals surface area contributed by atoms with Crippen LogP contribution < -0.4 is 20.7 Å². The third-order valence-corrected chi connectivity index (χ3v) is 11.2. The molecule has 2 aromatic heterocycles. The third-order valence-electron chi connectivity index (χ3n) is 11.2. The molecule has 0 saturated carbocycles. The van der Waals surface area contributed by atoms with Gasteiger partial charge in [0.1, 0.15) is 18.6 Å². The molecule has 4 aliphatic heterocycles. The van der Waals surface area contributed by atoms with Crippen molar-refractivity contribution < 1.29 is 28.9 Å². The average molecular weight is 703 g/mol. The zero-order valence-electron chi connectivity index (χ0n) is 30.9. The van der Waals surface area contributed by atoms with E-state index in [1.807, 2.05) is 32.9 Å². The average Bonchev–Trinajstić information content (AvgIpc) is 3.46. The second-order valence-corrected chi connectivity index (χ2v) is 14.5. The summed E-state index contributed by atoms with van der Waals surface area (Å²) in [5.74, 6) is -2.02. The number of carbonyl (C=O) groups excluding carboxylic acids is 2. The van der Waals surface area contributed by atoms with Crippen molar-refractivity contribution in [1.82, 2.24) is 9.97 Å². The first-order valence-electron chi connectivity index (χ1n) is 17.7. The number of rotatable bonds is 8. The summed E-state index contributed by atoms with van der Waals surface area (Å²) < 4.78 is 16.6. The summed E-state index contributed by atoms with van der Waals surface area (Å²) in [6.45, 7) is 15.2. The SMILES string of the molecule is CC[C@@H]1C(C)=C2/C=C3\[N-]/C(=C4\c5[n-]c(c(C)c5[C@H](O)[C@@H]4C(=O)OC)/C=c4\[n-]/c(c(C)c4[C@H]4CO4)=C\C1[N-]2)[C@@H](CCC(=O)OCC=C(C)C)[C@@H]3C.[Mg+2]. The molecule has 5 aliphatic rings. The molecule has 0 spiro atoms. The molecule has 8 bridgehead atoms. The van der Waals surface area contributed by atoms with E-state index in [1.165, 1.54) is 12.7 Å². The number of methoxy groups -OCH3 is 1. The van der Waals surface area contributed by atoms with Gasteiger partial charge in [-0.3, -0.25) is 9.59 Å². The molecular formula is C40H46MgN4O6-2. The molecule has 1 unspecified atom stereocenters. The van der Waals surface area contributed by atoms with Crippen LogP contribution in [0.2, 0.25) is 0 Å². The molecule has 2 aromatic rings. The van der Waals surface area contributed by atoms with Crippen molar-refractivity contribution in [2.75, 3.05) is 20.3 Å². The van der Waals surface area contributed by atoms with Gasteiger partial charge in [0.05, 0.1) is 19.8 Å². The van der Waals surface area contributed by atoms with Gasteiger partial charge in [-0.05, 0) is 76.0 Å². The number of aromatic nitrogens is 2.